The second kappa shape index (κ2) is 13.9. The predicted octanol–water partition coefficient (Wildman–Crippen LogP) is 4.03. The molecule has 0 unspecified atom stereocenters. The van der Waals surface area contributed by atoms with Crippen molar-refractivity contribution in [3.05, 3.63) is 53.9 Å². The summed E-state index contributed by atoms with van der Waals surface area (Å²) < 4.78 is 12.0. The first-order valence-electron chi connectivity index (χ1n) is 13.6. The molecule has 3 aromatic rings. The zero-order valence-electron chi connectivity index (χ0n) is 23.0. The Bertz CT molecular complexity index is 1280. The molecule has 0 bridgehead atoms. The van der Waals surface area contributed by atoms with Crippen LogP contribution in [0.15, 0.2) is 47.1 Å². The molecular formula is C29H37N5O6. The van der Waals surface area contributed by atoms with E-state index >= 15 is 0 Å². The highest BCUT2D eigenvalue weighted by molar-refractivity contribution is 5.89. The maximum absolute atomic E-state index is 9.55. The molecule has 11 nitrogen and oxygen atoms in total. The Hall–Kier alpha value is -3.99. The van der Waals surface area contributed by atoms with Crippen molar-refractivity contribution >= 4 is 28.7 Å². The van der Waals surface area contributed by atoms with Gasteiger partial charge in [-0.15, -0.1) is 5.10 Å². The van der Waals surface area contributed by atoms with E-state index in [9.17, 15) is 9.59 Å². The largest absolute Gasteiger partial charge is 0.493 e. The number of carboxylic acids is 2. The van der Waals surface area contributed by atoms with Gasteiger partial charge in [0.15, 0.2) is 11.4 Å². The minimum atomic E-state index is -1.26. The van der Waals surface area contributed by atoms with Gasteiger partial charge in [0, 0.05) is 43.4 Å². The van der Waals surface area contributed by atoms with Crippen molar-refractivity contribution in [2.45, 2.75) is 45.1 Å². The number of aromatic nitrogens is 3. The van der Waals surface area contributed by atoms with E-state index in [1.54, 1.807) is 6.20 Å². The number of aliphatic carboxylic acids is 2. The zero-order valence-corrected chi connectivity index (χ0v) is 23.0. The first-order valence-corrected chi connectivity index (χ1v) is 13.6. The van der Waals surface area contributed by atoms with E-state index in [1.165, 1.54) is 25.7 Å². The van der Waals surface area contributed by atoms with Crippen molar-refractivity contribution in [2.75, 3.05) is 38.7 Å². The average molecular weight is 552 g/mol. The van der Waals surface area contributed by atoms with E-state index in [4.69, 9.17) is 19.5 Å². The molecule has 1 aliphatic heterocycles. The van der Waals surface area contributed by atoms with Gasteiger partial charge in [0.2, 0.25) is 0 Å². The Labute approximate surface area is 233 Å². The van der Waals surface area contributed by atoms with Crippen molar-refractivity contribution in [3.63, 3.8) is 0 Å². The Morgan fingerprint density at radius 2 is 1.80 bits per heavy atom. The van der Waals surface area contributed by atoms with Crippen LogP contribution in [0.4, 0.5) is 5.82 Å². The van der Waals surface area contributed by atoms with Gasteiger partial charge in [-0.05, 0) is 88.7 Å². The van der Waals surface area contributed by atoms with E-state index < -0.39 is 11.9 Å². The molecule has 214 valence electrons. The van der Waals surface area contributed by atoms with E-state index in [0.717, 1.165) is 78.8 Å². The molecule has 2 fully saturated rings. The first-order chi connectivity index (χ1) is 19.3. The summed E-state index contributed by atoms with van der Waals surface area (Å²) in [4.78, 5) is 23.6. The standard InChI is InChI=1S/C25H33N5O2.C4H4O4/c1-29(2)16-21-23(31-17-19-5-6-19)10-8-20-22(28-32-25(20)21)9-7-18-11-14-30(15-12-18)24-4-3-13-26-27-24;5-3(6)1-2-4(7)8/h3-4,8,10,13,18-19H,5-7,9,11-12,14-17H2,1-2H3;1-2H,(H,5,6)(H,7,8)/b;2-1+. The molecule has 2 aromatic heterocycles. The normalized spacial score (nSPS) is 15.8. The fourth-order valence-corrected chi connectivity index (χ4v) is 4.76. The van der Waals surface area contributed by atoms with Crippen molar-refractivity contribution in [2.24, 2.45) is 11.8 Å². The summed E-state index contributed by atoms with van der Waals surface area (Å²) in [5, 5.41) is 29.5. The molecule has 40 heavy (non-hydrogen) atoms. The summed E-state index contributed by atoms with van der Waals surface area (Å²) in [6.07, 6.45) is 9.86. The van der Waals surface area contributed by atoms with Crippen LogP contribution in [0.2, 0.25) is 0 Å². The van der Waals surface area contributed by atoms with Crippen LogP contribution in [0, 0.1) is 11.8 Å². The second-order valence-corrected chi connectivity index (χ2v) is 10.6. The van der Waals surface area contributed by atoms with E-state index in [2.05, 4.69) is 51.4 Å². The van der Waals surface area contributed by atoms with Gasteiger partial charge in [-0.1, -0.05) is 5.16 Å². The highest BCUT2D eigenvalue weighted by Gasteiger charge is 2.25. The predicted molar refractivity (Wildman–Crippen MR) is 149 cm³/mol. The maximum Gasteiger partial charge on any atom is 0.328 e. The summed E-state index contributed by atoms with van der Waals surface area (Å²) in [6.45, 7) is 3.67. The first kappa shape index (κ1) is 29.0. The van der Waals surface area contributed by atoms with Crippen LogP contribution in [0.3, 0.4) is 0 Å². The van der Waals surface area contributed by atoms with Crippen molar-refractivity contribution < 1.29 is 29.1 Å². The fourth-order valence-electron chi connectivity index (χ4n) is 4.76. The molecule has 11 heteroatoms. The third-order valence-electron chi connectivity index (χ3n) is 7.08. The molecule has 2 aliphatic rings. The third-order valence-corrected chi connectivity index (χ3v) is 7.08. The molecule has 0 radical (unpaired) electrons. The average Bonchev–Trinajstić information content (AvgIpc) is 3.68. The summed E-state index contributed by atoms with van der Waals surface area (Å²) in [5.74, 6) is 0.846. The van der Waals surface area contributed by atoms with Gasteiger partial charge in [0.25, 0.3) is 0 Å². The van der Waals surface area contributed by atoms with Gasteiger partial charge in [-0.2, -0.15) is 5.10 Å². The number of hydrogen-bond acceptors (Lipinski definition) is 9. The van der Waals surface area contributed by atoms with Gasteiger partial charge in [-0.25, -0.2) is 9.59 Å². The van der Waals surface area contributed by atoms with Crippen molar-refractivity contribution in [3.8, 4) is 5.75 Å². The lowest BCUT2D eigenvalue weighted by molar-refractivity contribution is -0.134. The lowest BCUT2D eigenvalue weighted by atomic mass is 9.91. The molecule has 0 amide bonds. The number of benzene rings is 1. The number of rotatable bonds is 11. The molecule has 5 rings (SSSR count). The van der Waals surface area contributed by atoms with Crippen molar-refractivity contribution in [1.82, 2.24) is 20.3 Å². The van der Waals surface area contributed by atoms with E-state index in [0.29, 0.717) is 18.1 Å². The number of nitrogens with zero attached hydrogens (tertiary/aromatic N) is 5. The van der Waals surface area contributed by atoms with E-state index in [1.807, 2.05) is 12.1 Å². The number of carbonyl (C=O) groups is 2. The molecule has 0 atom stereocenters. The minimum absolute atomic E-state index is 0.558. The summed E-state index contributed by atoms with van der Waals surface area (Å²) in [6, 6.07) is 8.25. The summed E-state index contributed by atoms with van der Waals surface area (Å²) in [5.41, 5.74) is 3.08. The number of anilines is 1. The van der Waals surface area contributed by atoms with Gasteiger partial charge < -0.3 is 29.3 Å². The Balaban J connectivity index is 0.000000406. The SMILES string of the molecule is CN(C)Cc1c(OCC2CC2)ccc2c(CCC3CCN(c4cccnn4)CC3)noc12.O=C(O)/C=C/C(=O)O. The molecule has 1 aliphatic carbocycles. The second-order valence-electron chi connectivity index (χ2n) is 10.6. The monoisotopic (exact) mass is 551 g/mol. The highest BCUT2D eigenvalue weighted by Crippen LogP contribution is 2.35. The van der Waals surface area contributed by atoms with Crippen LogP contribution >= 0.6 is 0 Å². The van der Waals surface area contributed by atoms with Gasteiger partial charge in [-0.3, -0.25) is 0 Å². The number of aryl methyl sites for hydroxylation is 1. The Morgan fingerprint density at radius 3 is 2.40 bits per heavy atom. The number of piperidine rings is 1. The van der Waals surface area contributed by atoms with Crippen LogP contribution in [-0.2, 0) is 22.6 Å². The number of fused-ring (bicyclic) bond motifs is 1. The highest BCUT2D eigenvalue weighted by atomic mass is 16.5. The fraction of sp³-hybridized carbons (Fsp3) is 0.483. The van der Waals surface area contributed by atoms with E-state index in [-0.39, 0.29) is 0 Å². The molecular weight excluding hydrogens is 514 g/mol. The Morgan fingerprint density at radius 1 is 1.07 bits per heavy atom. The zero-order chi connectivity index (χ0) is 28.5. The maximum atomic E-state index is 9.55. The number of carboxylic acid groups (broad SMARTS) is 2. The molecule has 1 aromatic carbocycles. The summed E-state index contributed by atoms with van der Waals surface area (Å²) in [7, 11) is 4.16. The third kappa shape index (κ3) is 8.51. The molecule has 1 saturated carbocycles. The molecule has 1 saturated heterocycles. The van der Waals surface area contributed by atoms with Crippen LogP contribution in [-0.4, -0.2) is 76.2 Å². The van der Waals surface area contributed by atoms with Gasteiger partial charge in [0.1, 0.15) is 5.75 Å². The quantitative estimate of drug-likeness (QED) is 0.334. The van der Waals surface area contributed by atoms with Crippen LogP contribution in [0.1, 0.15) is 43.4 Å². The topological polar surface area (TPSA) is 142 Å². The summed E-state index contributed by atoms with van der Waals surface area (Å²) >= 11 is 0. The van der Waals surface area contributed by atoms with Crippen LogP contribution in [0.5, 0.6) is 5.75 Å². The smallest absolute Gasteiger partial charge is 0.328 e. The Kier molecular flexibility index (Phi) is 10.1. The minimum Gasteiger partial charge on any atom is -0.493 e. The van der Waals surface area contributed by atoms with Crippen molar-refractivity contribution in [1.29, 1.82) is 0 Å². The lowest BCUT2D eigenvalue weighted by Crippen LogP contribution is -2.34. The van der Waals surface area contributed by atoms with Gasteiger partial charge >= 0.3 is 11.9 Å². The van der Waals surface area contributed by atoms with Crippen LogP contribution in [0.25, 0.3) is 11.0 Å². The number of ether oxygens (including phenoxy) is 1. The lowest BCUT2D eigenvalue weighted by Gasteiger charge is -2.32. The van der Waals surface area contributed by atoms with Crippen LogP contribution < -0.4 is 9.64 Å². The molecule has 2 N–H and O–H groups in total. The molecule has 0 spiro atoms. The number of hydrogen-bond donors (Lipinski definition) is 2. The van der Waals surface area contributed by atoms with Gasteiger partial charge in [0.05, 0.1) is 17.9 Å². The molecule has 3 heterocycles.